The molecule has 0 aliphatic rings. The summed E-state index contributed by atoms with van der Waals surface area (Å²) >= 11 is 0. The first-order valence-electron chi connectivity index (χ1n) is 8.58. The van der Waals surface area contributed by atoms with Crippen molar-refractivity contribution in [1.82, 2.24) is 4.31 Å². The van der Waals surface area contributed by atoms with Crippen molar-refractivity contribution in [2.75, 3.05) is 32.1 Å². The number of methoxy groups -OCH3 is 1. The van der Waals surface area contributed by atoms with Crippen LogP contribution in [-0.2, 0) is 21.2 Å². The van der Waals surface area contributed by atoms with Gasteiger partial charge in [-0.25, -0.2) is 8.42 Å². The number of anilines is 1. The van der Waals surface area contributed by atoms with E-state index in [0.717, 1.165) is 5.56 Å². The maximum atomic E-state index is 13.2. The van der Waals surface area contributed by atoms with Crippen LogP contribution in [0.4, 0.5) is 5.69 Å². The lowest BCUT2D eigenvalue weighted by Crippen LogP contribution is -2.37. The lowest BCUT2D eigenvalue weighted by Gasteiger charge is -2.23. The zero-order chi connectivity index (χ0) is 19.9. The second-order valence-electron chi connectivity index (χ2n) is 5.98. The number of sulfonamides is 1. The molecule has 0 unspecified atom stereocenters. The molecular weight excluding hydrogens is 366 g/mol. The molecule has 0 radical (unpaired) electrons. The molecule has 0 bridgehead atoms. The fraction of sp³-hybridized carbons (Fsp3) is 0.316. The number of nitrogens with zero attached hydrogens (tertiary/aromatic N) is 1. The first-order valence-corrected chi connectivity index (χ1v) is 10.0. The number of carbonyl (C=O) groups is 1. The second-order valence-corrected chi connectivity index (χ2v) is 7.88. The zero-order valence-electron chi connectivity index (χ0n) is 15.5. The predicted octanol–water partition coefficient (Wildman–Crippen LogP) is 1.85. The Morgan fingerprint density at radius 3 is 2.44 bits per heavy atom. The van der Waals surface area contributed by atoms with E-state index in [2.05, 4.69) is 5.32 Å². The molecule has 2 rings (SSSR count). The van der Waals surface area contributed by atoms with Crippen molar-refractivity contribution in [2.45, 2.75) is 18.2 Å². The van der Waals surface area contributed by atoms with E-state index < -0.39 is 10.0 Å². The standard InChI is InChI=1S/C19H25N3O4S/c1-15(23)21-17-8-9-18(26-2)19(14-17)27(24,25)22(13-11-20)12-10-16-6-4-3-5-7-16/h3-9,14H,10-13,20H2,1-2H3,(H,21,23). The number of nitrogens with one attached hydrogen (secondary N) is 1. The Hall–Kier alpha value is -2.42. The summed E-state index contributed by atoms with van der Waals surface area (Å²) in [5.41, 5.74) is 7.07. The summed E-state index contributed by atoms with van der Waals surface area (Å²) in [6.45, 7) is 2.03. The number of nitrogens with two attached hydrogens (primary N) is 1. The van der Waals surface area contributed by atoms with Crippen LogP contribution in [0.25, 0.3) is 0 Å². The molecule has 2 aromatic rings. The Morgan fingerprint density at radius 2 is 1.85 bits per heavy atom. The van der Waals surface area contributed by atoms with E-state index in [-0.39, 0.29) is 36.2 Å². The molecule has 7 nitrogen and oxygen atoms in total. The lowest BCUT2D eigenvalue weighted by atomic mass is 10.1. The highest BCUT2D eigenvalue weighted by atomic mass is 32.2. The Kier molecular flexibility index (Phi) is 7.35. The van der Waals surface area contributed by atoms with E-state index in [9.17, 15) is 13.2 Å². The highest BCUT2D eigenvalue weighted by Gasteiger charge is 2.27. The summed E-state index contributed by atoms with van der Waals surface area (Å²) in [6.07, 6.45) is 0.563. The largest absolute Gasteiger partial charge is 0.495 e. The zero-order valence-corrected chi connectivity index (χ0v) is 16.3. The number of carbonyl (C=O) groups excluding carboxylic acids is 1. The third kappa shape index (κ3) is 5.53. The van der Waals surface area contributed by atoms with E-state index >= 15 is 0 Å². The van der Waals surface area contributed by atoms with Gasteiger partial charge in [-0.3, -0.25) is 4.79 Å². The molecule has 0 aromatic heterocycles. The van der Waals surface area contributed by atoms with Gasteiger partial charge in [0.1, 0.15) is 10.6 Å². The van der Waals surface area contributed by atoms with Gasteiger partial charge in [-0.15, -0.1) is 0 Å². The highest BCUT2D eigenvalue weighted by Crippen LogP contribution is 2.30. The van der Waals surface area contributed by atoms with Crippen molar-refractivity contribution in [1.29, 1.82) is 0 Å². The van der Waals surface area contributed by atoms with E-state index in [1.165, 1.54) is 30.5 Å². The van der Waals surface area contributed by atoms with E-state index in [1.54, 1.807) is 6.07 Å². The average Bonchev–Trinajstić information content (AvgIpc) is 2.65. The van der Waals surface area contributed by atoms with Crippen LogP contribution in [-0.4, -0.2) is 45.4 Å². The molecule has 0 saturated heterocycles. The Labute approximate surface area is 160 Å². The molecule has 0 aliphatic heterocycles. The molecule has 0 heterocycles. The van der Waals surface area contributed by atoms with Crippen LogP contribution in [0.1, 0.15) is 12.5 Å². The monoisotopic (exact) mass is 391 g/mol. The Bertz CT molecular complexity index is 870. The molecule has 146 valence electrons. The quantitative estimate of drug-likeness (QED) is 0.679. The molecule has 0 atom stereocenters. The van der Waals surface area contributed by atoms with E-state index in [0.29, 0.717) is 12.1 Å². The summed E-state index contributed by atoms with van der Waals surface area (Å²) in [6, 6.07) is 14.2. The molecule has 3 N–H and O–H groups in total. The van der Waals surface area contributed by atoms with Gasteiger partial charge in [0.2, 0.25) is 15.9 Å². The van der Waals surface area contributed by atoms with Crippen molar-refractivity contribution < 1.29 is 17.9 Å². The van der Waals surface area contributed by atoms with Gasteiger partial charge < -0.3 is 15.8 Å². The number of amides is 1. The van der Waals surface area contributed by atoms with E-state index in [4.69, 9.17) is 10.5 Å². The van der Waals surface area contributed by atoms with Crippen LogP contribution in [0.15, 0.2) is 53.4 Å². The maximum absolute atomic E-state index is 13.2. The van der Waals surface area contributed by atoms with Gasteiger partial charge in [-0.1, -0.05) is 30.3 Å². The fourth-order valence-electron chi connectivity index (χ4n) is 2.69. The number of hydrogen-bond donors (Lipinski definition) is 2. The third-order valence-electron chi connectivity index (χ3n) is 3.97. The molecule has 0 aliphatic carbocycles. The van der Waals surface area contributed by atoms with Gasteiger partial charge in [-0.05, 0) is 30.2 Å². The van der Waals surface area contributed by atoms with Crippen LogP contribution in [0, 0.1) is 0 Å². The minimum atomic E-state index is -3.86. The first-order chi connectivity index (χ1) is 12.9. The van der Waals surface area contributed by atoms with Crippen LogP contribution in [0.2, 0.25) is 0 Å². The van der Waals surface area contributed by atoms with Crippen molar-refractivity contribution in [3.8, 4) is 5.75 Å². The number of rotatable bonds is 9. The molecule has 0 spiro atoms. The Balaban J connectivity index is 2.34. The van der Waals surface area contributed by atoms with Crippen LogP contribution in [0.3, 0.4) is 0 Å². The van der Waals surface area contributed by atoms with Gasteiger partial charge >= 0.3 is 0 Å². The highest BCUT2D eigenvalue weighted by molar-refractivity contribution is 7.89. The molecular formula is C19H25N3O4S. The molecule has 2 aromatic carbocycles. The van der Waals surface area contributed by atoms with Crippen molar-refractivity contribution in [2.24, 2.45) is 5.73 Å². The van der Waals surface area contributed by atoms with Gasteiger partial charge in [0.25, 0.3) is 0 Å². The number of hydrogen-bond acceptors (Lipinski definition) is 5. The molecule has 1 amide bonds. The van der Waals surface area contributed by atoms with Gasteiger partial charge in [0.15, 0.2) is 0 Å². The summed E-state index contributed by atoms with van der Waals surface area (Å²) in [5.74, 6) is -0.0720. The fourth-order valence-corrected chi connectivity index (χ4v) is 4.33. The topological polar surface area (TPSA) is 102 Å². The van der Waals surface area contributed by atoms with Gasteiger partial charge in [0, 0.05) is 32.2 Å². The third-order valence-corrected chi connectivity index (χ3v) is 5.89. The second kappa shape index (κ2) is 9.50. The Morgan fingerprint density at radius 1 is 1.15 bits per heavy atom. The number of ether oxygens (including phenoxy) is 1. The van der Waals surface area contributed by atoms with Crippen LogP contribution >= 0.6 is 0 Å². The first kappa shape index (κ1) is 20.9. The van der Waals surface area contributed by atoms with Gasteiger partial charge in [0.05, 0.1) is 7.11 Å². The number of benzene rings is 2. The smallest absolute Gasteiger partial charge is 0.246 e. The molecule has 27 heavy (non-hydrogen) atoms. The van der Waals surface area contributed by atoms with Crippen molar-refractivity contribution in [3.63, 3.8) is 0 Å². The minimum Gasteiger partial charge on any atom is -0.495 e. The summed E-state index contributed by atoms with van der Waals surface area (Å²) in [5, 5.41) is 2.60. The minimum absolute atomic E-state index is 0.00207. The summed E-state index contributed by atoms with van der Waals surface area (Å²) in [7, 11) is -2.45. The summed E-state index contributed by atoms with van der Waals surface area (Å²) < 4.78 is 33.1. The SMILES string of the molecule is COc1ccc(NC(C)=O)cc1S(=O)(=O)N(CCN)CCc1ccccc1. The molecule has 0 saturated carbocycles. The molecule has 0 fully saturated rings. The van der Waals surface area contributed by atoms with Crippen molar-refractivity contribution >= 4 is 21.6 Å². The normalized spacial score (nSPS) is 11.4. The average molecular weight is 391 g/mol. The maximum Gasteiger partial charge on any atom is 0.246 e. The van der Waals surface area contributed by atoms with Crippen LogP contribution in [0.5, 0.6) is 5.75 Å². The lowest BCUT2D eigenvalue weighted by molar-refractivity contribution is -0.114. The molecule has 8 heteroatoms. The predicted molar refractivity (Wildman–Crippen MR) is 105 cm³/mol. The van der Waals surface area contributed by atoms with E-state index in [1.807, 2.05) is 30.3 Å². The van der Waals surface area contributed by atoms with Crippen molar-refractivity contribution in [3.05, 3.63) is 54.1 Å². The summed E-state index contributed by atoms with van der Waals surface area (Å²) in [4.78, 5) is 11.3. The van der Waals surface area contributed by atoms with Gasteiger partial charge in [-0.2, -0.15) is 4.31 Å². The van der Waals surface area contributed by atoms with Crippen LogP contribution < -0.4 is 15.8 Å².